The Bertz CT molecular complexity index is 539. The summed E-state index contributed by atoms with van der Waals surface area (Å²) in [6.07, 6.45) is 0.765. The van der Waals surface area contributed by atoms with Gasteiger partial charge in [-0.15, -0.1) is 11.3 Å². The van der Waals surface area contributed by atoms with Crippen molar-refractivity contribution in [2.75, 3.05) is 0 Å². The van der Waals surface area contributed by atoms with Crippen LogP contribution in [-0.2, 0) is 6.42 Å². The molecule has 3 nitrogen and oxygen atoms in total. The fourth-order valence-corrected chi connectivity index (χ4v) is 2.52. The number of hydrogen-bond acceptors (Lipinski definition) is 3. The zero-order valence-corrected chi connectivity index (χ0v) is 9.29. The maximum atomic E-state index is 11.7. The lowest BCUT2D eigenvalue weighted by Crippen LogP contribution is -2.10. The smallest absolute Gasteiger partial charge is 0.259 e. The molecule has 74 valence electrons. The molecule has 0 aliphatic rings. The van der Waals surface area contributed by atoms with Gasteiger partial charge in [0.2, 0.25) is 0 Å². The summed E-state index contributed by atoms with van der Waals surface area (Å²) in [4.78, 5) is 20.9. The second kappa shape index (κ2) is 3.20. The summed E-state index contributed by atoms with van der Waals surface area (Å²) < 4.78 is 0. The Morgan fingerprint density at radius 1 is 1.43 bits per heavy atom. The van der Waals surface area contributed by atoms with Crippen LogP contribution in [0.2, 0.25) is 0 Å². The topological polar surface area (TPSA) is 45.8 Å². The summed E-state index contributed by atoms with van der Waals surface area (Å²) in [5, 5.41) is 0.754. The van der Waals surface area contributed by atoms with Crippen LogP contribution in [0.4, 0.5) is 0 Å². The zero-order valence-electron chi connectivity index (χ0n) is 8.47. The third kappa shape index (κ3) is 1.26. The van der Waals surface area contributed by atoms with E-state index in [1.54, 1.807) is 11.3 Å². The normalized spacial score (nSPS) is 11.1. The Balaban J connectivity index is 2.90. The van der Waals surface area contributed by atoms with Gasteiger partial charge < -0.3 is 4.98 Å². The number of thiophene rings is 1. The van der Waals surface area contributed by atoms with Gasteiger partial charge in [-0.1, -0.05) is 6.92 Å². The molecule has 0 saturated heterocycles. The molecule has 2 heterocycles. The molecule has 0 fully saturated rings. The average Bonchev–Trinajstić information content (AvgIpc) is 2.43. The van der Waals surface area contributed by atoms with Crippen LogP contribution in [0.5, 0.6) is 0 Å². The number of hydrogen-bond donors (Lipinski definition) is 1. The molecule has 2 rings (SSSR count). The quantitative estimate of drug-likeness (QED) is 0.780. The number of aryl methyl sites for hydroxylation is 3. The van der Waals surface area contributed by atoms with Crippen LogP contribution in [0.3, 0.4) is 0 Å². The van der Waals surface area contributed by atoms with Crippen molar-refractivity contribution in [3.8, 4) is 0 Å². The molecule has 14 heavy (non-hydrogen) atoms. The minimum atomic E-state index is -0.00583. The highest BCUT2D eigenvalue weighted by molar-refractivity contribution is 7.18. The van der Waals surface area contributed by atoms with Crippen molar-refractivity contribution in [1.29, 1.82) is 0 Å². The summed E-state index contributed by atoms with van der Waals surface area (Å²) in [5.74, 6) is 0.767. The van der Waals surface area contributed by atoms with Gasteiger partial charge in [-0.3, -0.25) is 4.79 Å². The molecular weight excluding hydrogens is 196 g/mol. The monoisotopic (exact) mass is 208 g/mol. The minimum absolute atomic E-state index is 0.00583. The van der Waals surface area contributed by atoms with Crippen molar-refractivity contribution in [3.63, 3.8) is 0 Å². The van der Waals surface area contributed by atoms with Crippen molar-refractivity contribution in [1.82, 2.24) is 9.97 Å². The van der Waals surface area contributed by atoms with Crippen molar-refractivity contribution >= 4 is 21.6 Å². The Hall–Kier alpha value is -1.16. The molecule has 0 aromatic carbocycles. The van der Waals surface area contributed by atoms with Gasteiger partial charge >= 0.3 is 0 Å². The molecule has 0 radical (unpaired) electrons. The molecule has 2 aromatic heterocycles. The first-order valence-corrected chi connectivity index (χ1v) is 5.44. The fraction of sp³-hybridized carbons (Fsp3) is 0.400. The Kier molecular flexibility index (Phi) is 2.15. The van der Waals surface area contributed by atoms with Crippen LogP contribution in [0.1, 0.15) is 23.2 Å². The molecular formula is C10H12N2OS. The van der Waals surface area contributed by atoms with Crippen LogP contribution in [0.25, 0.3) is 10.2 Å². The van der Waals surface area contributed by atoms with Crippen molar-refractivity contribution < 1.29 is 0 Å². The van der Waals surface area contributed by atoms with Gasteiger partial charge in [0.25, 0.3) is 5.56 Å². The molecule has 2 aromatic rings. The van der Waals surface area contributed by atoms with E-state index < -0.39 is 0 Å². The molecule has 0 aliphatic heterocycles. The Morgan fingerprint density at radius 3 is 2.79 bits per heavy atom. The number of rotatable bonds is 1. The van der Waals surface area contributed by atoms with Crippen LogP contribution in [0, 0.1) is 13.8 Å². The molecule has 0 unspecified atom stereocenters. The minimum Gasteiger partial charge on any atom is -0.310 e. The number of fused-ring (bicyclic) bond motifs is 1. The van der Waals surface area contributed by atoms with Crippen molar-refractivity contribution in [2.45, 2.75) is 27.2 Å². The van der Waals surface area contributed by atoms with E-state index >= 15 is 0 Å². The fourth-order valence-electron chi connectivity index (χ4n) is 1.47. The highest BCUT2D eigenvalue weighted by atomic mass is 32.1. The maximum Gasteiger partial charge on any atom is 0.259 e. The predicted molar refractivity (Wildman–Crippen MR) is 59.1 cm³/mol. The molecule has 0 bridgehead atoms. The molecule has 0 spiro atoms. The molecule has 0 saturated carbocycles. The number of nitrogens with one attached hydrogen (secondary N) is 1. The maximum absolute atomic E-state index is 11.7. The summed E-state index contributed by atoms with van der Waals surface area (Å²) >= 11 is 1.59. The summed E-state index contributed by atoms with van der Waals surface area (Å²) in [5.41, 5.74) is 1.05. The first kappa shape index (κ1) is 9.40. The Labute approximate surface area is 85.8 Å². The van der Waals surface area contributed by atoms with Gasteiger partial charge in [0.15, 0.2) is 0 Å². The lowest BCUT2D eigenvalue weighted by atomic mass is 10.2. The van der Waals surface area contributed by atoms with E-state index in [2.05, 4.69) is 9.97 Å². The van der Waals surface area contributed by atoms with Crippen LogP contribution in [0.15, 0.2) is 4.79 Å². The van der Waals surface area contributed by atoms with E-state index in [4.69, 9.17) is 0 Å². The predicted octanol–water partition coefficient (Wildman–Crippen LogP) is 2.16. The van der Waals surface area contributed by atoms with Crippen LogP contribution < -0.4 is 5.56 Å². The van der Waals surface area contributed by atoms with E-state index in [1.165, 1.54) is 4.88 Å². The van der Waals surface area contributed by atoms with E-state index in [1.807, 2.05) is 20.8 Å². The third-order valence-electron chi connectivity index (χ3n) is 2.42. The first-order chi connectivity index (χ1) is 6.63. The number of aromatic nitrogens is 2. The van der Waals surface area contributed by atoms with Gasteiger partial charge in [-0.05, 0) is 19.4 Å². The lowest BCUT2D eigenvalue weighted by Gasteiger charge is -1.95. The molecule has 0 aliphatic carbocycles. The second-order valence-electron chi connectivity index (χ2n) is 3.33. The lowest BCUT2D eigenvalue weighted by molar-refractivity contribution is 0.947. The van der Waals surface area contributed by atoms with Gasteiger partial charge in [-0.25, -0.2) is 4.98 Å². The highest BCUT2D eigenvalue weighted by Crippen LogP contribution is 2.25. The van der Waals surface area contributed by atoms with Crippen molar-refractivity contribution in [2.24, 2.45) is 0 Å². The summed E-state index contributed by atoms with van der Waals surface area (Å²) in [6.45, 7) is 5.97. The number of H-pyrrole nitrogens is 1. The van der Waals surface area contributed by atoms with E-state index in [0.29, 0.717) is 0 Å². The number of aromatic amines is 1. The molecule has 1 N–H and O–H groups in total. The zero-order chi connectivity index (χ0) is 10.3. The van der Waals surface area contributed by atoms with Crippen molar-refractivity contribution in [3.05, 3.63) is 26.6 Å². The van der Waals surface area contributed by atoms with E-state index in [0.717, 1.165) is 28.0 Å². The molecule has 4 heteroatoms. The largest absolute Gasteiger partial charge is 0.310 e. The molecule has 0 amide bonds. The van der Waals surface area contributed by atoms with E-state index in [9.17, 15) is 4.79 Å². The van der Waals surface area contributed by atoms with Gasteiger partial charge in [-0.2, -0.15) is 0 Å². The first-order valence-electron chi connectivity index (χ1n) is 4.62. The second-order valence-corrected chi connectivity index (χ2v) is 4.53. The molecule has 0 atom stereocenters. The van der Waals surface area contributed by atoms with Crippen LogP contribution >= 0.6 is 11.3 Å². The average molecular weight is 208 g/mol. The highest BCUT2D eigenvalue weighted by Gasteiger charge is 2.10. The van der Waals surface area contributed by atoms with Gasteiger partial charge in [0.05, 0.1) is 5.39 Å². The van der Waals surface area contributed by atoms with Gasteiger partial charge in [0.1, 0.15) is 10.7 Å². The third-order valence-corrected chi connectivity index (χ3v) is 3.52. The number of nitrogens with zero attached hydrogens (tertiary/aromatic N) is 1. The standard InChI is InChI=1S/C10H12N2OS/c1-4-7-11-9(13)8-5(2)6(3)14-10(8)12-7/h4H2,1-3H3,(H,11,12,13). The summed E-state index contributed by atoms with van der Waals surface area (Å²) in [7, 11) is 0. The Morgan fingerprint density at radius 2 is 2.14 bits per heavy atom. The van der Waals surface area contributed by atoms with Gasteiger partial charge in [0, 0.05) is 11.3 Å². The van der Waals surface area contributed by atoms with Crippen LogP contribution in [-0.4, -0.2) is 9.97 Å². The summed E-state index contributed by atoms with van der Waals surface area (Å²) in [6, 6.07) is 0. The SMILES string of the molecule is CCc1nc2sc(C)c(C)c2c(=O)[nH]1. The van der Waals surface area contributed by atoms with E-state index in [-0.39, 0.29) is 5.56 Å².